The number of hydrogen-bond donors (Lipinski definition) is 2. The zero-order valence-electron chi connectivity index (χ0n) is 23.6. The van der Waals surface area contributed by atoms with E-state index >= 15 is 0 Å². The molecule has 2 N–H and O–H groups in total. The lowest BCUT2D eigenvalue weighted by Gasteiger charge is -2.49. The first-order valence-electron chi connectivity index (χ1n) is 13.5. The number of nitrogens with zero attached hydrogens (tertiary/aromatic N) is 4. The molecule has 2 fully saturated rings. The minimum Gasteiger partial charge on any atom is -0.508 e. The molecule has 4 rings (SSSR count). The molecule has 3 atom stereocenters. The number of methoxy groups -OCH3 is 1. The summed E-state index contributed by atoms with van der Waals surface area (Å²) in [5, 5.41) is 15.7. The highest BCUT2D eigenvalue weighted by Gasteiger charge is 2.44. The van der Waals surface area contributed by atoms with Crippen molar-refractivity contribution in [1.82, 2.24) is 25.1 Å². The zero-order chi connectivity index (χ0) is 28.8. The van der Waals surface area contributed by atoms with E-state index in [0.29, 0.717) is 13.2 Å². The van der Waals surface area contributed by atoms with Gasteiger partial charge in [-0.1, -0.05) is 24.3 Å². The summed E-state index contributed by atoms with van der Waals surface area (Å²) in [4.78, 5) is 43.9. The topological polar surface area (TPSA) is 115 Å². The first-order valence-corrected chi connectivity index (χ1v) is 13.5. The van der Waals surface area contributed by atoms with Crippen LogP contribution in [0.3, 0.4) is 0 Å². The third-order valence-electron chi connectivity index (χ3n) is 7.45. The molecule has 0 aromatic heterocycles. The fraction of sp³-hybridized carbons (Fsp3) is 0.483. The highest BCUT2D eigenvalue weighted by molar-refractivity contribution is 5.90. The van der Waals surface area contributed by atoms with E-state index in [0.717, 1.165) is 29.7 Å². The number of aromatic hydroxyl groups is 1. The second-order valence-electron chi connectivity index (χ2n) is 10.3. The molecule has 0 aliphatic carbocycles. The van der Waals surface area contributed by atoms with Crippen molar-refractivity contribution in [2.75, 3.05) is 40.9 Å². The van der Waals surface area contributed by atoms with Gasteiger partial charge in [0, 0.05) is 40.2 Å². The number of benzene rings is 2. The van der Waals surface area contributed by atoms with Crippen LogP contribution in [0.5, 0.6) is 11.5 Å². The van der Waals surface area contributed by atoms with Crippen molar-refractivity contribution in [3.63, 3.8) is 0 Å². The van der Waals surface area contributed by atoms with Crippen LogP contribution in [-0.2, 0) is 27.3 Å². The van der Waals surface area contributed by atoms with Gasteiger partial charge in [0.15, 0.2) is 0 Å². The number of carbonyl (C=O) groups is 3. The maximum Gasteiger partial charge on any atom is 0.334 e. The zero-order valence-corrected chi connectivity index (χ0v) is 23.6. The van der Waals surface area contributed by atoms with Crippen LogP contribution in [-0.4, -0.2) is 102 Å². The molecule has 2 aromatic carbocycles. The van der Waals surface area contributed by atoms with E-state index in [1.807, 2.05) is 24.3 Å². The number of rotatable bonds is 9. The fourth-order valence-electron chi connectivity index (χ4n) is 5.32. The van der Waals surface area contributed by atoms with E-state index in [1.165, 1.54) is 9.91 Å². The Morgan fingerprint density at radius 3 is 2.45 bits per heavy atom. The molecule has 2 aliphatic heterocycles. The lowest BCUT2D eigenvalue weighted by Crippen LogP contribution is -2.70. The number of hydrogen-bond acceptors (Lipinski definition) is 7. The van der Waals surface area contributed by atoms with Crippen molar-refractivity contribution in [3.05, 3.63) is 59.7 Å². The van der Waals surface area contributed by atoms with Crippen LogP contribution in [0.4, 0.5) is 4.79 Å². The molecule has 40 heavy (non-hydrogen) atoms. The van der Waals surface area contributed by atoms with Crippen LogP contribution in [0, 0.1) is 0 Å². The molecule has 2 aliphatic rings. The van der Waals surface area contributed by atoms with Gasteiger partial charge in [0.2, 0.25) is 11.8 Å². The summed E-state index contributed by atoms with van der Waals surface area (Å²) in [6.45, 7) is 3.08. The Labute approximate surface area is 235 Å². The lowest BCUT2D eigenvalue weighted by atomic mass is 10.0. The number of amides is 4. The quantitative estimate of drug-likeness (QED) is 0.489. The summed E-state index contributed by atoms with van der Waals surface area (Å²) in [6, 6.07) is 12.7. The highest BCUT2D eigenvalue weighted by Crippen LogP contribution is 2.24. The van der Waals surface area contributed by atoms with Crippen LogP contribution >= 0.6 is 0 Å². The average molecular weight is 554 g/mol. The van der Waals surface area contributed by atoms with E-state index in [9.17, 15) is 19.5 Å². The predicted octanol–water partition coefficient (Wildman–Crippen LogP) is 2.20. The molecular formula is C29H39N5O6. The Bertz CT molecular complexity index is 1170. The van der Waals surface area contributed by atoms with Gasteiger partial charge in [-0.25, -0.2) is 14.8 Å². The van der Waals surface area contributed by atoms with Gasteiger partial charge in [0.25, 0.3) is 0 Å². The molecule has 216 valence electrons. The number of hydrazine groups is 1. The molecular weight excluding hydrogens is 514 g/mol. The number of urea groups is 1. The van der Waals surface area contributed by atoms with Gasteiger partial charge in [-0.05, 0) is 55.2 Å². The van der Waals surface area contributed by atoms with Gasteiger partial charge in [0.1, 0.15) is 23.7 Å². The minimum absolute atomic E-state index is 0.0379. The summed E-state index contributed by atoms with van der Waals surface area (Å²) in [7, 11) is 4.99. The van der Waals surface area contributed by atoms with Gasteiger partial charge < -0.3 is 29.7 Å². The van der Waals surface area contributed by atoms with Crippen LogP contribution in [0.15, 0.2) is 48.5 Å². The molecule has 0 bridgehead atoms. The van der Waals surface area contributed by atoms with Gasteiger partial charge in [-0.3, -0.25) is 9.59 Å². The number of carbonyl (C=O) groups excluding carboxylic acids is 3. The molecule has 2 heterocycles. The van der Waals surface area contributed by atoms with Gasteiger partial charge in [-0.15, -0.1) is 0 Å². The largest absolute Gasteiger partial charge is 0.508 e. The van der Waals surface area contributed by atoms with Crippen molar-refractivity contribution < 1.29 is 29.0 Å². The maximum absolute atomic E-state index is 13.9. The maximum atomic E-state index is 13.9. The second-order valence-corrected chi connectivity index (χ2v) is 10.3. The van der Waals surface area contributed by atoms with Crippen LogP contribution in [0.2, 0.25) is 0 Å². The molecule has 4 amide bonds. The summed E-state index contributed by atoms with van der Waals surface area (Å²) in [5.74, 6) is 0.358. The summed E-state index contributed by atoms with van der Waals surface area (Å²) >= 11 is 0. The van der Waals surface area contributed by atoms with Crippen molar-refractivity contribution in [2.24, 2.45) is 0 Å². The Morgan fingerprint density at radius 2 is 1.82 bits per heavy atom. The third kappa shape index (κ3) is 6.83. The van der Waals surface area contributed by atoms with Crippen LogP contribution < -0.4 is 10.1 Å². The molecule has 2 aromatic rings. The second kappa shape index (κ2) is 13.0. The Hall–Kier alpha value is -3.83. The number of phenolic OH excluding ortho intramolecular Hbond substituents is 1. The van der Waals surface area contributed by atoms with Crippen LogP contribution in [0.25, 0.3) is 0 Å². The molecule has 0 saturated carbocycles. The molecule has 11 heteroatoms. The molecule has 0 spiro atoms. The molecule has 2 saturated heterocycles. The molecule has 0 radical (unpaired) electrons. The number of nitrogens with one attached hydrogen (secondary N) is 1. The highest BCUT2D eigenvalue weighted by atomic mass is 16.5. The standard InChI is InChI=1S/C29H39N5O6/c1-20-33(27(36)19-32(3)34(20)29(38)30-17-22-9-13-24(39-4)14-10-22)26(16-21-7-11-23(35)12-8-21)28(37)31(2)18-25-6-5-15-40-25/h7-14,20,25-26,35H,5-6,15-19H2,1-4H3,(H,30,38)/t20-,25?,26-/m0/s1. The normalized spacial score (nSPS) is 20.4. The van der Waals surface area contributed by atoms with E-state index in [1.54, 1.807) is 62.3 Å². The van der Waals surface area contributed by atoms with Gasteiger partial charge in [-0.2, -0.15) is 0 Å². The first kappa shape index (κ1) is 29.2. The Balaban J connectivity index is 1.54. The molecule has 11 nitrogen and oxygen atoms in total. The summed E-state index contributed by atoms with van der Waals surface area (Å²) in [5.41, 5.74) is 1.68. The monoisotopic (exact) mass is 553 g/mol. The van der Waals surface area contributed by atoms with Crippen molar-refractivity contribution in [2.45, 2.75) is 51.0 Å². The predicted molar refractivity (Wildman–Crippen MR) is 148 cm³/mol. The van der Waals surface area contributed by atoms with Crippen molar-refractivity contribution in [3.8, 4) is 11.5 Å². The van der Waals surface area contributed by atoms with Gasteiger partial charge in [0.05, 0.1) is 19.8 Å². The summed E-state index contributed by atoms with van der Waals surface area (Å²) < 4.78 is 10.9. The van der Waals surface area contributed by atoms with E-state index in [2.05, 4.69) is 5.32 Å². The van der Waals surface area contributed by atoms with E-state index in [-0.39, 0.29) is 49.2 Å². The fourth-order valence-corrected chi connectivity index (χ4v) is 5.32. The smallest absolute Gasteiger partial charge is 0.334 e. The third-order valence-corrected chi connectivity index (χ3v) is 7.45. The lowest BCUT2D eigenvalue weighted by molar-refractivity contribution is -0.171. The number of phenols is 1. The summed E-state index contributed by atoms with van der Waals surface area (Å²) in [6.07, 6.45) is 1.30. The Morgan fingerprint density at radius 1 is 1.15 bits per heavy atom. The SMILES string of the molecule is COc1ccc(CNC(=O)N2[C@@H](C)N([C@@H](Cc3ccc(O)cc3)C(=O)N(C)CC3CCCO3)C(=O)CN2C)cc1. The molecule has 1 unspecified atom stereocenters. The number of ether oxygens (including phenoxy) is 2. The Kier molecular flexibility index (Phi) is 9.49. The van der Waals surface area contributed by atoms with Crippen molar-refractivity contribution in [1.29, 1.82) is 0 Å². The average Bonchev–Trinajstić information content (AvgIpc) is 3.45. The van der Waals surface area contributed by atoms with E-state index < -0.39 is 12.2 Å². The van der Waals surface area contributed by atoms with Crippen LogP contribution in [0.1, 0.15) is 30.9 Å². The first-order chi connectivity index (χ1) is 19.2. The van der Waals surface area contributed by atoms with Crippen molar-refractivity contribution >= 4 is 17.8 Å². The minimum atomic E-state index is -0.857. The number of likely N-dealkylation sites (N-methyl/N-ethyl adjacent to an activating group) is 2. The van der Waals surface area contributed by atoms with Gasteiger partial charge >= 0.3 is 6.03 Å². The van der Waals surface area contributed by atoms with E-state index in [4.69, 9.17) is 9.47 Å².